The molecule has 124 valence electrons. The summed E-state index contributed by atoms with van der Waals surface area (Å²) in [7, 11) is 0. The number of carbonyl (C=O) groups excluding carboxylic acids is 1. The van der Waals surface area contributed by atoms with Crippen molar-refractivity contribution >= 4 is 16.8 Å². The number of halogens is 1. The molecule has 2 N–H and O–H groups in total. The highest BCUT2D eigenvalue weighted by Crippen LogP contribution is 2.24. The van der Waals surface area contributed by atoms with E-state index in [0.29, 0.717) is 17.5 Å². The molecule has 0 aliphatic carbocycles. The Morgan fingerprint density at radius 3 is 2.74 bits per heavy atom. The summed E-state index contributed by atoms with van der Waals surface area (Å²) in [6.45, 7) is 8.90. The largest absolute Gasteiger partial charge is 0.358 e. The molecule has 1 saturated heterocycles. The van der Waals surface area contributed by atoms with Crippen molar-refractivity contribution in [2.24, 2.45) is 0 Å². The number of aromatic amines is 1. The zero-order valence-electron chi connectivity index (χ0n) is 14.0. The minimum absolute atomic E-state index is 0.0720. The Labute approximate surface area is 136 Å². The van der Waals surface area contributed by atoms with Gasteiger partial charge in [-0.25, -0.2) is 4.39 Å². The van der Waals surface area contributed by atoms with Crippen LogP contribution in [0.4, 0.5) is 4.39 Å². The van der Waals surface area contributed by atoms with Gasteiger partial charge >= 0.3 is 0 Å². The van der Waals surface area contributed by atoms with Gasteiger partial charge in [0.1, 0.15) is 5.82 Å². The number of fused-ring (bicyclic) bond motifs is 1. The van der Waals surface area contributed by atoms with Gasteiger partial charge in [-0.15, -0.1) is 0 Å². The first-order valence-corrected chi connectivity index (χ1v) is 8.19. The van der Waals surface area contributed by atoms with Gasteiger partial charge in [-0.2, -0.15) is 0 Å². The molecule has 5 heteroatoms. The predicted molar refractivity (Wildman–Crippen MR) is 90.2 cm³/mol. The third-order valence-corrected chi connectivity index (χ3v) is 4.82. The van der Waals surface area contributed by atoms with Crippen LogP contribution in [0.25, 0.3) is 10.9 Å². The average molecular weight is 317 g/mol. The monoisotopic (exact) mass is 317 g/mol. The highest BCUT2D eigenvalue weighted by Gasteiger charge is 2.29. The van der Waals surface area contributed by atoms with E-state index in [9.17, 15) is 9.18 Å². The van der Waals surface area contributed by atoms with Crippen LogP contribution >= 0.6 is 0 Å². The number of aryl methyl sites for hydroxylation is 1. The van der Waals surface area contributed by atoms with Gasteiger partial charge in [0.15, 0.2) is 0 Å². The summed E-state index contributed by atoms with van der Waals surface area (Å²) in [5, 5.41) is 3.67. The Morgan fingerprint density at radius 1 is 1.35 bits per heavy atom. The zero-order valence-corrected chi connectivity index (χ0v) is 14.0. The Balaban J connectivity index is 1.78. The highest BCUT2D eigenvalue weighted by atomic mass is 19.1. The Hall–Kier alpha value is -1.88. The molecule has 23 heavy (non-hydrogen) atoms. The fraction of sp³-hybridized carbons (Fsp3) is 0.500. The van der Waals surface area contributed by atoms with E-state index >= 15 is 0 Å². The number of carbonyl (C=O) groups is 1. The normalized spacial score (nSPS) is 16.2. The molecule has 1 aliphatic rings. The smallest absolute Gasteiger partial charge is 0.253 e. The maximum atomic E-state index is 13.5. The molecule has 3 rings (SSSR count). The van der Waals surface area contributed by atoms with Gasteiger partial charge in [0, 0.05) is 28.7 Å². The van der Waals surface area contributed by atoms with Crippen molar-refractivity contribution in [3.63, 3.8) is 0 Å². The van der Waals surface area contributed by atoms with Crippen molar-refractivity contribution in [1.82, 2.24) is 15.2 Å². The van der Waals surface area contributed by atoms with Crippen LogP contribution in [0, 0.1) is 12.7 Å². The van der Waals surface area contributed by atoms with Gasteiger partial charge in [-0.3, -0.25) is 9.69 Å². The molecular weight excluding hydrogens is 293 g/mol. The number of H-pyrrole nitrogens is 1. The van der Waals surface area contributed by atoms with E-state index in [1.165, 1.54) is 25.0 Å². The Kier molecular flexibility index (Phi) is 4.15. The fourth-order valence-corrected chi connectivity index (χ4v) is 3.41. The van der Waals surface area contributed by atoms with E-state index < -0.39 is 0 Å². The lowest BCUT2D eigenvalue weighted by molar-refractivity contribution is 0.0903. The minimum atomic E-state index is -0.331. The van der Waals surface area contributed by atoms with Gasteiger partial charge in [-0.1, -0.05) is 0 Å². The van der Waals surface area contributed by atoms with Crippen LogP contribution in [0.5, 0.6) is 0 Å². The quantitative estimate of drug-likeness (QED) is 0.909. The lowest BCUT2D eigenvalue weighted by Crippen LogP contribution is -2.50. The molecule has 0 unspecified atom stereocenters. The van der Waals surface area contributed by atoms with Crippen LogP contribution in [0.2, 0.25) is 0 Å². The van der Waals surface area contributed by atoms with Gasteiger partial charge < -0.3 is 10.3 Å². The van der Waals surface area contributed by atoms with Crippen molar-refractivity contribution in [3.8, 4) is 0 Å². The highest BCUT2D eigenvalue weighted by molar-refractivity contribution is 6.08. The SMILES string of the molecule is Cc1[nH]c2ccc(F)cc2c1C(=O)NCC(C)(C)N1CCCC1. The van der Waals surface area contributed by atoms with Crippen LogP contribution in [-0.2, 0) is 0 Å². The second-order valence-corrected chi connectivity index (χ2v) is 7.00. The minimum Gasteiger partial charge on any atom is -0.358 e. The second kappa shape index (κ2) is 5.96. The molecule has 0 spiro atoms. The van der Waals surface area contributed by atoms with Crippen molar-refractivity contribution in [3.05, 3.63) is 35.3 Å². The van der Waals surface area contributed by atoms with Crippen LogP contribution in [0.15, 0.2) is 18.2 Å². The Morgan fingerprint density at radius 2 is 2.04 bits per heavy atom. The topological polar surface area (TPSA) is 48.1 Å². The summed E-state index contributed by atoms with van der Waals surface area (Å²) in [6.07, 6.45) is 2.44. The van der Waals surface area contributed by atoms with Crippen LogP contribution < -0.4 is 5.32 Å². The zero-order chi connectivity index (χ0) is 16.6. The number of benzene rings is 1. The van der Waals surface area contributed by atoms with E-state index in [1.54, 1.807) is 6.07 Å². The molecular formula is C18H24FN3O. The summed E-state index contributed by atoms with van der Waals surface area (Å²) in [4.78, 5) is 18.2. The number of hydrogen-bond acceptors (Lipinski definition) is 2. The number of rotatable bonds is 4. The molecule has 1 aromatic heterocycles. The lowest BCUT2D eigenvalue weighted by atomic mass is 10.0. The van der Waals surface area contributed by atoms with Crippen LogP contribution in [-0.4, -0.2) is 41.0 Å². The van der Waals surface area contributed by atoms with Crippen LogP contribution in [0.1, 0.15) is 42.7 Å². The number of hydrogen-bond donors (Lipinski definition) is 2. The molecule has 1 amide bonds. The molecule has 0 saturated carbocycles. The standard InChI is InChI=1S/C18H24FN3O/c1-12-16(14-10-13(19)6-7-15(14)21-12)17(23)20-11-18(2,3)22-8-4-5-9-22/h6-7,10,21H,4-5,8-9,11H2,1-3H3,(H,20,23). The number of nitrogens with one attached hydrogen (secondary N) is 2. The average Bonchev–Trinajstić information content (AvgIpc) is 3.12. The number of amides is 1. The van der Waals surface area contributed by atoms with Crippen molar-refractivity contribution in [2.75, 3.05) is 19.6 Å². The summed E-state index contributed by atoms with van der Waals surface area (Å²) >= 11 is 0. The summed E-state index contributed by atoms with van der Waals surface area (Å²) in [6, 6.07) is 4.48. The molecule has 0 atom stereocenters. The van der Waals surface area contributed by atoms with Crippen molar-refractivity contribution in [2.45, 2.75) is 39.2 Å². The molecule has 2 heterocycles. The molecule has 4 nitrogen and oxygen atoms in total. The van der Waals surface area contributed by atoms with Gasteiger partial charge in [0.05, 0.1) is 5.56 Å². The van der Waals surface area contributed by atoms with Gasteiger partial charge in [0.25, 0.3) is 5.91 Å². The van der Waals surface area contributed by atoms with Gasteiger partial charge in [0.2, 0.25) is 0 Å². The third kappa shape index (κ3) is 3.11. The van der Waals surface area contributed by atoms with Crippen molar-refractivity contribution < 1.29 is 9.18 Å². The second-order valence-electron chi connectivity index (χ2n) is 7.00. The lowest BCUT2D eigenvalue weighted by Gasteiger charge is -2.35. The van der Waals surface area contributed by atoms with E-state index in [4.69, 9.17) is 0 Å². The maximum absolute atomic E-state index is 13.5. The van der Waals surface area contributed by atoms with E-state index in [-0.39, 0.29) is 17.3 Å². The molecule has 2 aromatic rings. The molecule has 1 aromatic carbocycles. The number of likely N-dealkylation sites (tertiary alicyclic amines) is 1. The molecule has 0 radical (unpaired) electrons. The molecule has 1 fully saturated rings. The van der Waals surface area contributed by atoms with E-state index in [0.717, 1.165) is 24.3 Å². The van der Waals surface area contributed by atoms with Gasteiger partial charge in [-0.05, 0) is 64.9 Å². The first kappa shape index (κ1) is 16.0. The first-order valence-electron chi connectivity index (χ1n) is 8.19. The molecule has 1 aliphatic heterocycles. The predicted octanol–water partition coefficient (Wildman–Crippen LogP) is 3.22. The third-order valence-electron chi connectivity index (χ3n) is 4.82. The summed E-state index contributed by atoms with van der Waals surface area (Å²) < 4.78 is 13.5. The summed E-state index contributed by atoms with van der Waals surface area (Å²) in [5.41, 5.74) is 2.02. The first-order chi connectivity index (χ1) is 10.9. The number of nitrogens with zero attached hydrogens (tertiary/aromatic N) is 1. The number of aromatic nitrogens is 1. The van der Waals surface area contributed by atoms with Crippen molar-refractivity contribution in [1.29, 1.82) is 0 Å². The van der Waals surface area contributed by atoms with E-state index in [2.05, 4.69) is 29.0 Å². The maximum Gasteiger partial charge on any atom is 0.253 e. The fourth-order valence-electron chi connectivity index (χ4n) is 3.41. The Bertz CT molecular complexity index is 729. The summed E-state index contributed by atoms with van der Waals surface area (Å²) in [5.74, 6) is -0.477. The molecule has 0 bridgehead atoms. The van der Waals surface area contributed by atoms with Crippen LogP contribution in [0.3, 0.4) is 0 Å². The van der Waals surface area contributed by atoms with E-state index in [1.807, 2.05) is 6.92 Å².